The highest BCUT2D eigenvalue weighted by molar-refractivity contribution is 5.77. The summed E-state index contributed by atoms with van der Waals surface area (Å²) < 4.78 is 5.21. The molecule has 0 bridgehead atoms. The molecule has 4 heteroatoms. The maximum Gasteiger partial charge on any atom is 0.311 e. The molecule has 0 aliphatic heterocycles. The number of aliphatic carboxylic acids is 1. The van der Waals surface area contributed by atoms with Crippen molar-refractivity contribution in [3.05, 3.63) is 28.8 Å². The van der Waals surface area contributed by atoms with Crippen LogP contribution in [0.5, 0.6) is 5.75 Å². The topological polar surface area (TPSA) is 72.5 Å². The van der Waals surface area contributed by atoms with Crippen LogP contribution in [0.2, 0.25) is 0 Å². The summed E-state index contributed by atoms with van der Waals surface area (Å²) in [7, 11) is 1.61. The minimum absolute atomic E-state index is 0.363. The molecule has 0 aliphatic carbocycles. The van der Waals surface area contributed by atoms with Crippen LogP contribution in [0.4, 0.5) is 0 Å². The third kappa shape index (κ3) is 2.97. The summed E-state index contributed by atoms with van der Waals surface area (Å²) in [6, 6.07) is 3.75. The number of rotatable bonds is 5. The molecule has 0 amide bonds. The Labute approximate surface area is 101 Å². The van der Waals surface area contributed by atoms with Gasteiger partial charge in [0.15, 0.2) is 0 Å². The molecule has 4 nitrogen and oxygen atoms in total. The molecule has 0 saturated heterocycles. The van der Waals surface area contributed by atoms with Gasteiger partial charge in [0.05, 0.1) is 13.0 Å². The average Bonchev–Trinajstić information content (AvgIpc) is 2.28. The Balaban J connectivity index is 3.20. The summed E-state index contributed by atoms with van der Waals surface area (Å²) in [6.07, 6.45) is 0.446. The van der Waals surface area contributed by atoms with Gasteiger partial charge in [-0.15, -0.1) is 0 Å². The van der Waals surface area contributed by atoms with Gasteiger partial charge in [0.2, 0.25) is 0 Å². The van der Waals surface area contributed by atoms with E-state index >= 15 is 0 Å². The standard InChI is InChI=1S/C13H19NO3/c1-8-7-12(17-3)9(2)6-11(8)10(4-5-14)13(15)16/h6-7,10H,4-5,14H2,1-3H3,(H,15,16). The normalized spacial score (nSPS) is 12.2. The lowest BCUT2D eigenvalue weighted by molar-refractivity contribution is -0.138. The van der Waals surface area contributed by atoms with Crippen LogP contribution in [0.1, 0.15) is 29.0 Å². The number of hydrogen-bond acceptors (Lipinski definition) is 3. The molecule has 0 aromatic heterocycles. The second kappa shape index (κ2) is 5.68. The lowest BCUT2D eigenvalue weighted by Crippen LogP contribution is -2.17. The zero-order valence-electron chi connectivity index (χ0n) is 10.5. The van der Waals surface area contributed by atoms with E-state index in [-0.39, 0.29) is 0 Å². The van der Waals surface area contributed by atoms with Gasteiger partial charge >= 0.3 is 5.97 Å². The molecular formula is C13H19NO3. The van der Waals surface area contributed by atoms with E-state index in [2.05, 4.69) is 0 Å². The zero-order chi connectivity index (χ0) is 13.0. The van der Waals surface area contributed by atoms with Crippen LogP contribution in [-0.4, -0.2) is 24.7 Å². The fourth-order valence-corrected chi connectivity index (χ4v) is 1.99. The van der Waals surface area contributed by atoms with Crippen molar-refractivity contribution < 1.29 is 14.6 Å². The largest absolute Gasteiger partial charge is 0.496 e. The van der Waals surface area contributed by atoms with Crippen LogP contribution < -0.4 is 10.5 Å². The Kier molecular flexibility index (Phi) is 4.52. The number of benzene rings is 1. The Morgan fingerprint density at radius 1 is 1.41 bits per heavy atom. The van der Waals surface area contributed by atoms with Crippen molar-refractivity contribution in [3.63, 3.8) is 0 Å². The second-order valence-corrected chi connectivity index (χ2v) is 4.15. The van der Waals surface area contributed by atoms with Crippen LogP contribution in [-0.2, 0) is 4.79 Å². The average molecular weight is 237 g/mol. The molecule has 1 atom stereocenters. The fraction of sp³-hybridized carbons (Fsp3) is 0.462. The van der Waals surface area contributed by atoms with Gasteiger partial charge in [-0.25, -0.2) is 0 Å². The van der Waals surface area contributed by atoms with E-state index in [1.807, 2.05) is 26.0 Å². The van der Waals surface area contributed by atoms with Crippen molar-refractivity contribution in [1.29, 1.82) is 0 Å². The monoisotopic (exact) mass is 237 g/mol. The molecule has 1 aromatic carbocycles. The van der Waals surface area contributed by atoms with Crippen molar-refractivity contribution in [1.82, 2.24) is 0 Å². The SMILES string of the molecule is COc1cc(C)c(C(CCN)C(=O)O)cc1C. The molecule has 0 fully saturated rings. The Hall–Kier alpha value is -1.55. The summed E-state index contributed by atoms with van der Waals surface area (Å²) in [5.74, 6) is -0.587. The smallest absolute Gasteiger partial charge is 0.311 e. The molecule has 3 N–H and O–H groups in total. The van der Waals surface area contributed by atoms with Gasteiger partial charge in [0.1, 0.15) is 5.75 Å². The van der Waals surface area contributed by atoms with Gasteiger partial charge in [-0.3, -0.25) is 4.79 Å². The highest BCUT2D eigenvalue weighted by atomic mass is 16.5. The van der Waals surface area contributed by atoms with Crippen LogP contribution >= 0.6 is 0 Å². The summed E-state index contributed by atoms with van der Waals surface area (Å²) >= 11 is 0. The van der Waals surface area contributed by atoms with E-state index in [0.29, 0.717) is 13.0 Å². The molecule has 1 aromatic rings. The minimum atomic E-state index is -0.830. The summed E-state index contributed by atoms with van der Waals surface area (Å²) in [6.45, 7) is 4.16. The third-order valence-corrected chi connectivity index (χ3v) is 2.91. The number of methoxy groups -OCH3 is 1. The number of aryl methyl sites for hydroxylation is 2. The molecule has 0 aliphatic rings. The molecular weight excluding hydrogens is 218 g/mol. The van der Waals surface area contributed by atoms with Gasteiger partial charge in [-0.05, 0) is 49.6 Å². The Morgan fingerprint density at radius 2 is 2.06 bits per heavy atom. The molecule has 0 radical (unpaired) electrons. The molecule has 1 unspecified atom stereocenters. The van der Waals surface area contributed by atoms with Gasteiger partial charge in [-0.2, -0.15) is 0 Å². The fourth-order valence-electron chi connectivity index (χ4n) is 1.99. The number of hydrogen-bond donors (Lipinski definition) is 2. The van der Waals surface area contributed by atoms with E-state index < -0.39 is 11.9 Å². The maximum absolute atomic E-state index is 11.2. The summed E-state index contributed by atoms with van der Waals surface area (Å²) in [5, 5.41) is 9.21. The maximum atomic E-state index is 11.2. The van der Waals surface area contributed by atoms with Crippen molar-refractivity contribution in [3.8, 4) is 5.75 Å². The Morgan fingerprint density at radius 3 is 2.53 bits per heavy atom. The first-order chi connectivity index (χ1) is 8.01. The number of ether oxygens (including phenoxy) is 1. The molecule has 0 heterocycles. The van der Waals surface area contributed by atoms with Crippen molar-refractivity contribution >= 4 is 5.97 Å². The van der Waals surface area contributed by atoms with Gasteiger partial charge < -0.3 is 15.6 Å². The third-order valence-electron chi connectivity index (χ3n) is 2.91. The van der Waals surface area contributed by atoms with Gasteiger partial charge in [0, 0.05) is 0 Å². The van der Waals surface area contributed by atoms with Crippen LogP contribution in [0.25, 0.3) is 0 Å². The van der Waals surface area contributed by atoms with E-state index in [1.165, 1.54) is 0 Å². The van der Waals surface area contributed by atoms with E-state index in [4.69, 9.17) is 10.5 Å². The van der Waals surface area contributed by atoms with Crippen molar-refractivity contribution in [2.45, 2.75) is 26.2 Å². The van der Waals surface area contributed by atoms with Gasteiger partial charge in [0.25, 0.3) is 0 Å². The minimum Gasteiger partial charge on any atom is -0.496 e. The molecule has 0 saturated carbocycles. The predicted molar refractivity (Wildman–Crippen MR) is 66.5 cm³/mol. The first-order valence-corrected chi connectivity index (χ1v) is 5.59. The second-order valence-electron chi connectivity index (χ2n) is 4.15. The van der Waals surface area contributed by atoms with E-state index in [0.717, 1.165) is 22.4 Å². The van der Waals surface area contributed by atoms with Crippen LogP contribution in [0.3, 0.4) is 0 Å². The van der Waals surface area contributed by atoms with Crippen molar-refractivity contribution in [2.24, 2.45) is 5.73 Å². The Bertz CT molecular complexity index is 415. The van der Waals surface area contributed by atoms with E-state index in [1.54, 1.807) is 7.11 Å². The number of carboxylic acids is 1. The lowest BCUT2D eigenvalue weighted by Gasteiger charge is -2.17. The zero-order valence-corrected chi connectivity index (χ0v) is 10.5. The molecule has 17 heavy (non-hydrogen) atoms. The summed E-state index contributed by atoms with van der Waals surface area (Å²) in [4.78, 5) is 11.2. The highest BCUT2D eigenvalue weighted by Crippen LogP contribution is 2.29. The van der Waals surface area contributed by atoms with E-state index in [9.17, 15) is 9.90 Å². The first-order valence-electron chi connectivity index (χ1n) is 5.59. The van der Waals surface area contributed by atoms with Crippen molar-refractivity contribution in [2.75, 3.05) is 13.7 Å². The quantitative estimate of drug-likeness (QED) is 0.819. The first kappa shape index (κ1) is 13.5. The van der Waals surface area contributed by atoms with Gasteiger partial charge in [-0.1, -0.05) is 6.07 Å². The number of carbonyl (C=O) groups is 1. The lowest BCUT2D eigenvalue weighted by atomic mass is 9.90. The molecule has 1 rings (SSSR count). The van der Waals surface area contributed by atoms with Crippen LogP contribution in [0.15, 0.2) is 12.1 Å². The highest BCUT2D eigenvalue weighted by Gasteiger charge is 2.21. The summed E-state index contributed by atoms with van der Waals surface area (Å²) in [5.41, 5.74) is 8.15. The number of carboxylic acid groups (broad SMARTS) is 1. The predicted octanol–water partition coefficient (Wildman–Crippen LogP) is 1.83. The number of nitrogens with two attached hydrogens (primary N) is 1. The van der Waals surface area contributed by atoms with Crippen LogP contribution in [0, 0.1) is 13.8 Å². The molecule has 0 spiro atoms. The molecule has 94 valence electrons.